The standard InChI is InChI=1S/C27H34ClN3O5S/c1-15-11-22(37-4)20(26(33)30-15)13-29-25(32)19-12-21(28)24-23(16(19)2)35-27(3,36-24)17-5-8-31(9-6-17)14-18-7-10-34-18/h11-12,17-18H,5-10,13-14H2,1-4H3,(H,29,32)(H,30,33)/t18-,27-/m1/s1. The van der Waals surface area contributed by atoms with Crippen LogP contribution in [0.2, 0.25) is 5.02 Å². The van der Waals surface area contributed by atoms with Gasteiger partial charge in [0.05, 0.1) is 11.1 Å². The van der Waals surface area contributed by atoms with E-state index in [0.717, 1.165) is 56.1 Å². The van der Waals surface area contributed by atoms with Gasteiger partial charge in [-0.15, -0.1) is 11.8 Å². The second-order valence-electron chi connectivity index (χ2n) is 10.3. The number of pyridine rings is 1. The van der Waals surface area contributed by atoms with Crippen LogP contribution in [-0.4, -0.2) is 60.2 Å². The van der Waals surface area contributed by atoms with Crippen molar-refractivity contribution in [2.24, 2.45) is 5.92 Å². The minimum atomic E-state index is -0.840. The number of amides is 1. The molecular weight excluding hydrogens is 514 g/mol. The third-order valence-electron chi connectivity index (χ3n) is 7.75. The van der Waals surface area contributed by atoms with E-state index in [-0.39, 0.29) is 23.9 Å². The Hall–Kier alpha value is -2.20. The molecule has 8 nitrogen and oxygen atoms in total. The maximum Gasteiger partial charge on any atom is 0.254 e. The summed E-state index contributed by atoms with van der Waals surface area (Å²) in [5, 5.41) is 3.22. The van der Waals surface area contributed by atoms with Gasteiger partial charge in [-0.05, 0) is 64.6 Å². The number of halogens is 1. The van der Waals surface area contributed by atoms with Crippen LogP contribution in [0.1, 0.15) is 53.4 Å². The van der Waals surface area contributed by atoms with Crippen LogP contribution < -0.4 is 20.3 Å². The van der Waals surface area contributed by atoms with Crippen molar-refractivity contribution in [2.75, 3.05) is 32.5 Å². The van der Waals surface area contributed by atoms with Crippen molar-refractivity contribution in [3.63, 3.8) is 0 Å². The zero-order valence-electron chi connectivity index (χ0n) is 21.7. The molecule has 10 heteroatoms. The fourth-order valence-electron chi connectivity index (χ4n) is 5.40. The number of ether oxygens (including phenoxy) is 3. The summed E-state index contributed by atoms with van der Waals surface area (Å²) in [6.45, 7) is 9.56. The molecule has 200 valence electrons. The highest BCUT2D eigenvalue weighted by Crippen LogP contribution is 2.51. The number of hydrogen-bond donors (Lipinski definition) is 2. The molecule has 3 aliphatic heterocycles. The van der Waals surface area contributed by atoms with Gasteiger partial charge in [0, 0.05) is 59.8 Å². The van der Waals surface area contributed by atoms with E-state index in [2.05, 4.69) is 15.2 Å². The molecule has 0 saturated carbocycles. The number of aromatic nitrogens is 1. The van der Waals surface area contributed by atoms with E-state index in [1.165, 1.54) is 11.8 Å². The lowest BCUT2D eigenvalue weighted by Gasteiger charge is -2.40. The van der Waals surface area contributed by atoms with Gasteiger partial charge >= 0.3 is 0 Å². The molecule has 0 radical (unpaired) electrons. The Morgan fingerprint density at radius 2 is 1.92 bits per heavy atom. The third kappa shape index (κ3) is 5.24. The lowest BCUT2D eigenvalue weighted by Crippen LogP contribution is -2.50. The summed E-state index contributed by atoms with van der Waals surface area (Å²) >= 11 is 8.08. The summed E-state index contributed by atoms with van der Waals surface area (Å²) in [4.78, 5) is 31.7. The number of piperidine rings is 1. The number of fused-ring (bicyclic) bond motifs is 1. The van der Waals surface area contributed by atoms with E-state index >= 15 is 0 Å². The Kier molecular flexibility index (Phi) is 7.51. The largest absolute Gasteiger partial charge is 0.448 e. The number of nitrogens with one attached hydrogen (secondary N) is 2. The molecule has 0 spiro atoms. The summed E-state index contributed by atoms with van der Waals surface area (Å²) in [6.07, 6.45) is 5.32. The molecule has 4 heterocycles. The van der Waals surface area contributed by atoms with Crippen molar-refractivity contribution in [3.8, 4) is 11.5 Å². The molecular formula is C27H34ClN3O5S. The predicted octanol–water partition coefficient (Wildman–Crippen LogP) is 4.29. The van der Waals surface area contributed by atoms with Crippen LogP contribution in [0.25, 0.3) is 0 Å². The fourth-order valence-corrected chi connectivity index (χ4v) is 6.34. The van der Waals surface area contributed by atoms with E-state index in [0.29, 0.717) is 39.3 Å². The summed E-state index contributed by atoms with van der Waals surface area (Å²) in [5.74, 6) is 0.0434. The van der Waals surface area contributed by atoms with Crippen molar-refractivity contribution in [1.29, 1.82) is 0 Å². The first kappa shape index (κ1) is 26.4. The Morgan fingerprint density at radius 1 is 1.22 bits per heavy atom. The lowest BCUT2D eigenvalue weighted by atomic mass is 9.89. The number of aromatic amines is 1. The monoisotopic (exact) mass is 547 g/mol. The predicted molar refractivity (Wildman–Crippen MR) is 144 cm³/mol. The van der Waals surface area contributed by atoms with Crippen LogP contribution >= 0.6 is 23.4 Å². The molecule has 2 atom stereocenters. The smallest absolute Gasteiger partial charge is 0.254 e. The average molecular weight is 548 g/mol. The summed E-state index contributed by atoms with van der Waals surface area (Å²) in [7, 11) is 0. The van der Waals surface area contributed by atoms with Crippen molar-refractivity contribution in [3.05, 3.63) is 49.9 Å². The van der Waals surface area contributed by atoms with E-state index in [1.807, 2.05) is 33.1 Å². The number of carbonyl (C=O) groups excluding carboxylic acids is 1. The first-order valence-corrected chi connectivity index (χ1v) is 14.4. The summed E-state index contributed by atoms with van der Waals surface area (Å²) in [5.41, 5.74) is 2.18. The van der Waals surface area contributed by atoms with Crippen molar-refractivity contribution in [1.82, 2.24) is 15.2 Å². The minimum absolute atomic E-state index is 0.109. The van der Waals surface area contributed by atoms with Crippen LogP contribution in [0.15, 0.2) is 21.8 Å². The van der Waals surface area contributed by atoms with Gasteiger partial charge < -0.3 is 29.4 Å². The molecule has 2 fully saturated rings. The molecule has 3 aliphatic rings. The van der Waals surface area contributed by atoms with Gasteiger partial charge in [-0.2, -0.15) is 0 Å². The van der Waals surface area contributed by atoms with E-state index < -0.39 is 5.79 Å². The highest BCUT2D eigenvalue weighted by molar-refractivity contribution is 7.98. The molecule has 1 amide bonds. The number of H-pyrrole nitrogens is 1. The van der Waals surface area contributed by atoms with Crippen LogP contribution in [0, 0.1) is 19.8 Å². The van der Waals surface area contributed by atoms with Gasteiger partial charge in [0.2, 0.25) is 0 Å². The van der Waals surface area contributed by atoms with Crippen LogP contribution in [0.4, 0.5) is 0 Å². The Balaban J connectivity index is 1.28. The highest BCUT2D eigenvalue weighted by Gasteiger charge is 2.47. The molecule has 0 unspecified atom stereocenters. The molecule has 2 aromatic rings. The zero-order valence-corrected chi connectivity index (χ0v) is 23.3. The van der Waals surface area contributed by atoms with Crippen LogP contribution in [-0.2, 0) is 11.3 Å². The van der Waals surface area contributed by atoms with Gasteiger partial charge in [-0.25, -0.2) is 0 Å². The summed E-state index contributed by atoms with van der Waals surface area (Å²) < 4.78 is 18.4. The van der Waals surface area contributed by atoms with Crippen molar-refractivity contribution in [2.45, 2.75) is 63.4 Å². The number of rotatable bonds is 7. The normalized spacial score (nSPS) is 23.6. The molecule has 2 N–H and O–H groups in total. The molecule has 1 aromatic carbocycles. The highest BCUT2D eigenvalue weighted by atomic mass is 35.5. The molecule has 1 aromatic heterocycles. The zero-order chi connectivity index (χ0) is 26.3. The minimum Gasteiger partial charge on any atom is -0.448 e. The fraction of sp³-hybridized carbons (Fsp3) is 0.556. The van der Waals surface area contributed by atoms with Gasteiger partial charge in [0.15, 0.2) is 11.5 Å². The van der Waals surface area contributed by atoms with Gasteiger partial charge in [0.1, 0.15) is 0 Å². The first-order valence-electron chi connectivity index (χ1n) is 12.8. The number of aryl methyl sites for hydroxylation is 1. The summed E-state index contributed by atoms with van der Waals surface area (Å²) in [6, 6.07) is 3.53. The van der Waals surface area contributed by atoms with Gasteiger partial charge in [0.25, 0.3) is 17.3 Å². The van der Waals surface area contributed by atoms with E-state index in [1.54, 1.807) is 6.07 Å². The second kappa shape index (κ2) is 10.5. The maximum absolute atomic E-state index is 13.2. The SMILES string of the molecule is CSc1cc(C)[nH]c(=O)c1CNC(=O)c1cc(Cl)c2c(c1C)O[C@@](C)(C1CCN(C[C@H]3CCO3)CC1)O2. The molecule has 5 rings (SSSR count). The number of thioether (sulfide) groups is 1. The molecule has 0 bridgehead atoms. The average Bonchev–Trinajstić information content (AvgIpc) is 3.22. The number of benzene rings is 1. The lowest BCUT2D eigenvalue weighted by molar-refractivity contribution is -0.129. The quantitative estimate of drug-likeness (QED) is 0.500. The number of hydrogen-bond acceptors (Lipinski definition) is 7. The van der Waals surface area contributed by atoms with Crippen LogP contribution in [0.5, 0.6) is 11.5 Å². The van der Waals surface area contributed by atoms with Gasteiger partial charge in [-0.3, -0.25) is 9.59 Å². The van der Waals surface area contributed by atoms with Crippen molar-refractivity contribution < 1.29 is 19.0 Å². The number of nitrogens with zero attached hydrogens (tertiary/aromatic N) is 1. The number of carbonyl (C=O) groups is 1. The second-order valence-corrected chi connectivity index (χ2v) is 11.5. The van der Waals surface area contributed by atoms with E-state index in [9.17, 15) is 9.59 Å². The van der Waals surface area contributed by atoms with E-state index in [4.69, 9.17) is 25.8 Å². The Bertz CT molecular complexity index is 1260. The Labute approximate surface area is 226 Å². The maximum atomic E-state index is 13.2. The molecule has 37 heavy (non-hydrogen) atoms. The first-order chi connectivity index (χ1) is 17.7. The third-order valence-corrected chi connectivity index (χ3v) is 8.84. The molecule has 2 saturated heterocycles. The number of likely N-dealkylation sites (tertiary alicyclic amines) is 1. The van der Waals surface area contributed by atoms with Crippen LogP contribution in [0.3, 0.4) is 0 Å². The Morgan fingerprint density at radius 3 is 2.57 bits per heavy atom. The molecule has 0 aliphatic carbocycles. The van der Waals surface area contributed by atoms with Gasteiger partial charge in [-0.1, -0.05) is 11.6 Å². The topological polar surface area (TPSA) is 92.9 Å². The van der Waals surface area contributed by atoms with Crippen molar-refractivity contribution >= 4 is 29.3 Å².